The number of carbonyl (C=O) groups excluding carboxylic acids is 2. The molecule has 206 valence electrons. The van der Waals surface area contributed by atoms with Gasteiger partial charge in [-0.3, -0.25) is 9.69 Å². The number of aliphatic hydroxyl groups excluding tert-OH is 1. The first-order valence-corrected chi connectivity index (χ1v) is 13.0. The molecule has 0 unspecified atom stereocenters. The van der Waals surface area contributed by atoms with Crippen LogP contribution in [0.3, 0.4) is 0 Å². The molecule has 3 amide bonds. The van der Waals surface area contributed by atoms with Crippen molar-refractivity contribution < 1.29 is 23.8 Å². The molecule has 0 aromatic heterocycles. The molecule has 39 heavy (non-hydrogen) atoms. The Kier molecular flexibility index (Phi) is 9.16. The van der Waals surface area contributed by atoms with E-state index in [1.54, 1.807) is 23.1 Å². The standard InChI is InChI=1S/C30H35FN4O4/c1-20-16-35(21(2)19-36)29(37)25-10-7-11-26(33-30(38)32-24-14-12-23(31)13-15-24)28(25)39-27(20)18-34(3)17-22-8-5-4-6-9-22/h4-15,20-21,27,36H,16-19H2,1-3H3,(H2,32,33,38)/t20-,21-,27-/m1/s1. The van der Waals surface area contributed by atoms with Gasteiger partial charge in [-0.05, 0) is 55.9 Å². The average molecular weight is 535 g/mol. The molecule has 0 fully saturated rings. The molecule has 0 saturated heterocycles. The molecule has 0 saturated carbocycles. The van der Waals surface area contributed by atoms with Gasteiger partial charge in [-0.25, -0.2) is 9.18 Å². The lowest BCUT2D eigenvalue weighted by Gasteiger charge is -2.38. The van der Waals surface area contributed by atoms with Gasteiger partial charge in [-0.15, -0.1) is 0 Å². The minimum atomic E-state index is -0.556. The maximum absolute atomic E-state index is 13.6. The number of likely N-dealkylation sites (N-methyl/N-ethyl adjacent to an activating group) is 1. The number of amides is 3. The summed E-state index contributed by atoms with van der Waals surface area (Å²) < 4.78 is 19.8. The highest BCUT2D eigenvalue weighted by molar-refractivity contribution is 6.04. The number of halogens is 1. The molecule has 0 aliphatic carbocycles. The quantitative estimate of drug-likeness (QED) is 0.385. The molecule has 1 aliphatic heterocycles. The molecule has 3 N–H and O–H groups in total. The lowest BCUT2D eigenvalue weighted by atomic mass is 9.99. The largest absolute Gasteiger partial charge is 0.486 e. The van der Waals surface area contributed by atoms with E-state index in [9.17, 15) is 19.1 Å². The maximum Gasteiger partial charge on any atom is 0.323 e. The van der Waals surface area contributed by atoms with Gasteiger partial charge < -0.3 is 25.4 Å². The topological polar surface area (TPSA) is 94.1 Å². The summed E-state index contributed by atoms with van der Waals surface area (Å²) in [6, 6.07) is 19.6. The summed E-state index contributed by atoms with van der Waals surface area (Å²) in [5.41, 5.74) is 2.23. The minimum absolute atomic E-state index is 0.0737. The van der Waals surface area contributed by atoms with Crippen LogP contribution in [0.5, 0.6) is 5.75 Å². The van der Waals surface area contributed by atoms with Crippen molar-refractivity contribution in [1.29, 1.82) is 0 Å². The van der Waals surface area contributed by atoms with Crippen molar-refractivity contribution >= 4 is 23.3 Å². The second-order valence-corrected chi connectivity index (χ2v) is 10.1. The molecule has 1 heterocycles. The zero-order valence-electron chi connectivity index (χ0n) is 22.4. The van der Waals surface area contributed by atoms with E-state index in [0.29, 0.717) is 30.0 Å². The fraction of sp³-hybridized carbons (Fsp3) is 0.333. The Morgan fingerprint density at radius 2 is 1.82 bits per heavy atom. The van der Waals surface area contributed by atoms with E-state index in [-0.39, 0.29) is 30.3 Å². The Bertz CT molecular complexity index is 1270. The number of hydrogen-bond donors (Lipinski definition) is 3. The van der Waals surface area contributed by atoms with E-state index >= 15 is 0 Å². The van der Waals surface area contributed by atoms with Gasteiger partial charge in [0.15, 0.2) is 5.75 Å². The van der Waals surface area contributed by atoms with Crippen LogP contribution in [0.25, 0.3) is 0 Å². The number of rotatable bonds is 8. The number of ether oxygens (including phenoxy) is 1. The first-order valence-electron chi connectivity index (χ1n) is 13.0. The lowest BCUT2D eigenvalue weighted by Crippen LogP contribution is -2.49. The van der Waals surface area contributed by atoms with Crippen molar-refractivity contribution in [3.05, 3.63) is 89.7 Å². The van der Waals surface area contributed by atoms with Gasteiger partial charge in [0.1, 0.15) is 11.9 Å². The van der Waals surface area contributed by atoms with Crippen molar-refractivity contribution in [2.45, 2.75) is 32.5 Å². The summed E-state index contributed by atoms with van der Waals surface area (Å²) in [6.07, 6.45) is -0.318. The fourth-order valence-corrected chi connectivity index (χ4v) is 4.64. The van der Waals surface area contributed by atoms with Crippen molar-refractivity contribution in [1.82, 2.24) is 9.80 Å². The van der Waals surface area contributed by atoms with Crippen LogP contribution in [-0.4, -0.2) is 65.7 Å². The van der Waals surface area contributed by atoms with Crippen LogP contribution in [-0.2, 0) is 6.54 Å². The van der Waals surface area contributed by atoms with Gasteiger partial charge >= 0.3 is 6.03 Å². The lowest BCUT2D eigenvalue weighted by molar-refractivity contribution is 0.0343. The van der Waals surface area contributed by atoms with E-state index in [4.69, 9.17) is 4.74 Å². The first-order chi connectivity index (χ1) is 18.7. The highest BCUT2D eigenvalue weighted by Gasteiger charge is 2.34. The molecule has 3 aromatic rings. The summed E-state index contributed by atoms with van der Waals surface area (Å²) in [5, 5.41) is 15.3. The Morgan fingerprint density at radius 1 is 1.10 bits per heavy atom. The average Bonchev–Trinajstić information content (AvgIpc) is 2.92. The summed E-state index contributed by atoms with van der Waals surface area (Å²) in [5.74, 6) is -0.486. The summed E-state index contributed by atoms with van der Waals surface area (Å²) >= 11 is 0. The zero-order chi connectivity index (χ0) is 27.9. The minimum Gasteiger partial charge on any atom is -0.486 e. The fourth-order valence-electron chi connectivity index (χ4n) is 4.64. The second kappa shape index (κ2) is 12.7. The Morgan fingerprint density at radius 3 is 2.51 bits per heavy atom. The van der Waals surface area contributed by atoms with E-state index in [1.165, 1.54) is 29.8 Å². The third-order valence-corrected chi connectivity index (χ3v) is 6.83. The number of benzene rings is 3. The van der Waals surface area contributed by atoms with Gasteiger partial charge in [0.05, 0.1) is 23.9 Å². The third-order valence-electron chi connectivity index (χ3n) is 6.83. The summed E-state index contributed by atoms with van der Waals surface area (Å²) in [6.45, 7) is 5.35. The van der Waals surface area contributed by atoms with E-state index < -0.39 is 17.9 Å². The van der Waals surface area contributed by atoms with Gasteiger partial charge in [0, 0.05) is 31.2 Å². The smallest absolute Gasteiger partial charge is 0.323 e. The molecule has 3 atom stereocenters. The van der Waals surface area contributed by atoms with Crippen molar-refractivity contribution in [3.8, 4) is 5.75 Å². The van der Waals surface area contributed by atoms with Gasteiger partial charge in [0.2, 0.25) is 0 Å². The molecular weight excluding hydrogens is 499 g/mol. The highest BCUT2D eigenvalue weighted by atomic mass is 19.1. The van der Waals surface area contributed by atoms with Crippen LogP contribution in [0.4, 0.5) is 20.6 Å². The third kappa shape index (κ3) is 7.13. The van der Waals surface area contributed by atoms with E-state index in [2.05, 4.69) is 27.7 Å². The van der Waals surface area contributed by atoms with Gasteiger partial charge in [-0.1, -0.05) is 43.3 Å². The molecule has 0 spiro atoms. The predicted octanol–water partition coefficient (Wildman–Crippen LogP) is 4.82. The molecule has 8 nitrogen and oxygen atoms in total. The van der Waals surface area contributed by atoms with Crippen LogP contribution < -0.4 is 15.4 Å². The maximum atomic E-state index is 13.6. The number of urea groups is 1. The zero-order valence-corrected chi connectivity index (χ0v) is 22.4. The number of carbonyl (C=O) groups is 2. The van der Waals surface area contributed by atoms with E-state index in [1.807, 2.05) is 39.1 Å². The summed E-state index contributed by atoms with van der Waals surface area (Å²) in [4.78, 5) is 30.3. The Labute approximate surface area is 228 Å². The number of fused-ring (bicyclic) bond motifs is 1. The SMILES string of the molecule is C[C@@H]1CN([C@H](C)CO)C(=O)c2cccc(NC(=O)Nc3ccc(F)cc3)c2O[C@@H]1CN(C)Cc1ccccc1. The molecule has 3 aromatic carbocycles. The number of anilines is 2. The summed E-state index contributed by atoms with van der Waals surface area (Å²) in [7, 11) is 2.02. The first kappa shape index (κ1) is 28.1. The van der Waals surface area contributed by atoms with E-state index in [0.717, 1.165) is 6.54 Å². The number of nitrogens with zero attached hydrogens (tertiary/aromatic N) is 2. The molecule has 9 heteroatoms. The number of nitrogens with one attached hydrogen (secondary N) is 2. The normalized spacial score (nSPS) is 18.0. The number of para-hydroxylation sites is 1. The number of aliphatic hydroxyl groups is 1. The number of hydrogen-bond acceptors (Lipinski definition) is 5. The molecule has 4 rings (SSSR count). The van der Waals surface area contributed by atoms with Crippen LogP contribution in [0.15, 0.2) is 72.8 Å². The van der Waals surface area contributed by atoms with Crippen molar-refractivity contribution in [3.63, 3.8) is 0 Å². The van der Waals surface area contributed by atoms with Crippen molar-refractivity contribution in [2.75, 3.05) is 37.4 Å². The Hall–Kier alpha value is -3.95. The van der Waals surface area contributed by atoms with Crippen LogP contribution in [0.1, 0.15) is 29.8 Å². The van der Waals surface area contributed by atoms with Gasteiger partial charge in [0.25, 0.3) is 5.91 Å². The van der Waals surface area contributed by atoms with Gasteiger partial charge in [-0.2, -0.15) is 0 Å². The van der Waals surface area contributed by atoms with Crippen LogP contribution in [0.2, 0.25) is 0 Å². The molecule has 0 radical (unpaired) electrons. The highest BCUT2D eigenvalue weighted by Crippen LogP contribution is 2.35. The van der Waals surface area contributed by atoms with Crippen molar-refractivity contribution in [2.24, 2.45) is 5.92 Å². The predicted molar refractivity (Wildman–Crippen MR) is 149 cm³/mol. The van der Waals surface area contributed by atoms with Crippen LogP contribution in [0, 0.1) is 11.7 Å². The monoisotopic (exact) mass is 534 g/mol. The van der Waals surface area contributed by atoms with Crippen LogP contribution >= 0.6 is 0 Å². The molecule has 1 aliphatic rings. The molecule has 0 bridgehead atoms. The molecular formula is C30H35FN4O4. The Balaban J connectivity index is 1.62. The second-order valence-electron chi connectivity index (χ2n) is 10.1.